The second kappa shape index (κ2) is 10.6. The molecule has 0 spiro atoms. The SMILES string of the molecule is C=C[C@H](C[C@H](O[Si](C)(C)C(C)(C)C)[C@@H](O)C#C[Si](C)(C)C)OC(=O)c1ccccc1. The minimum absolute atomic E-state index is 0.0262. The molecule has 1 aromatic carbocycles. The summed E-state index contributed by atoms with van der Waals surface area (Å²) in [6, 6.07) is 8.84. The summed E-state index contributed by atoms with van der Waals surface area (Å²) in [5.41, 5.74) is 3.70. The first-order chi connectivity index (χ1) is 13.7. The Hall–Kier alpha value is -1.66. The highest BCUT2D eigenvalue weighted by Crippen LogP contribution is 2.38. The van der Waals surface area contributed by atoms with Gasteiger partial charge in [-0.25, -0.2) is 4.79 Å². The van der Waals surface area contributed by atoms with E-state index in [9.17, 15) is 9.90 Å². The van der Waals surface area contributed by atoms with Crippen molar-refractivity contribution < 1.29 is 19.1 Å². The molecule has 0 unspecified atom stereocenters. The molecule has 30 heavy (non-hydrogen) atoms. The molecule has 0 aliphatic carbocycles. The van der Waals surface area contributed by atoms with E-state index >= 15 is 0 Å². The van der Waals surface area contributed by atoms with Gasteiger partial charge in [0.1, 0.15) is 20.3 Å². The van der Waals surface area contributed by atoms with Gasteiger partial charge in [0.25, 0.3) is 0 Å². The van der Waals surface area contributed by atoms with Crippen molar-refractivity contribution in [1.82, 2.24) is 0 Å². The van der Waals surface area contributed by atoms with Crippen molar-refractivity contribution in [3.63, 3.8) is 0 Å². The Morgan fingerprint density at radius 3 is 2.20 bits per heavy atom. The summed E-state index contributed by atoms with van der Waals surface area (Å²) < 4.78 is 12.2. The molecule has 166 valence electrons. The third-order valence-corrected chi connectivity index (χ3v) is 10.6. The number of rotatable bonds is 8. The minimum Gasteiger partial charge on any atom is -0.454 e. The van der Waals surface area contributed by atoms with Gasteiger partial charge in [-0.05, 0) is 30.3 Å². The monoisotopic (exact) mass is 446 g/mol. The Bertz CT molecular complexity index is 764. The van der Waals surface area contributed by atoms with E-state index in [-0.39, 0.29) is 5.04 Å². The maximum absolute atomic E-state index is 12.5. The van der Waals surface area contributed by atoms with Crippen molar-refractivity contribution in [2.24, 2.45) is 0 Å². The standard InChI is InChI=1S/C24H38O4Si2/c1-10-20(27-23(26)19-14-12-11-13-15-19)18-22(21(25)16-17-29(5,6)7)28-30(8,9)24(2,3)4/h10-15,20-22,25H,1,18H2,2-9H3/t20-,21+,22+/m1/s1. The maximum Gasteiger partial charge on any atom is 0.338 e. The highest BCUT2D eigenvalue weighted by molar-refractivity contribution is 6.83. The molecule has 0 amide bonds. The molecule has 0 saturated heterocycles. The van der Waals surface area contributed by atoms with E-state index < -0.39 is 40.7 Å². The zero-order valence-electron chi connectivity index (χ0n) is 19.8. The molecule has 0 fully saturated rings. The number of carbonyl (C=O) groups is 1. The minimum atomic E-state index is -2.18. The molecule has 6 heteroatoms. The molecular formula is C24H38O4Si2. The molecule has 0 heterocycles. The van der Waals surface area contributed by atoms with Crippen molar-refractivity contribution in [2.75, 3.05) is 0 Å². The Labute approximate surface area is 184 Å². The molecule has 0 radical (unpaired) electrons. The fourth-order valence-corrected chi connectivity index (χ4v) is 4.30. The Kier molecular flexibility index (Phi) is 9.31. The maximum atomic E-state index is 12.5. The smallest absolute Gasteiger partial charge is 0.338 e. The van der Waals surface area contributed by atoms with Crippen LogP contribution in [0.15, 0.2) is 43.0 Å². The first-order valence-corrected chi connectivity index (χ1v) is 16.8. The lowest BCUT2D eigenvalue weighted by Gasteiger charge is -2.40. The van der Waals surface area contributed by atoms with Crippen LogP contribution in [0.25, 0.3) is 0 Å². The summed E-state index contributed by atoms with van der Waals surface area (Å²) in [4.78, 5) is 12.5. The van der Waals surface area contributed by atoms with Gasteiger partial charge in [0.15, 0.2) is 8.32 Å². The van der Waals surface area contributed by atoms with Crippen LogP contribution in [0.1, 0.15) is 37.6 Å². The zero-order valence-corrected chi connectivity index (χ0v) is 21.8. The Balaban J connectivity index is 3.08. The predicted molar refractivity (Wildman–Crippen MR) is 130 cm³/mol. The van der Waals surface area contributed by atoms with E-state index in [1.54, 1.807) is 30.3 Å². The van der Waals surface area contributed by atoms with Gasteiger partial charge in [-0.3, -0.25) is 0 Å². The van der Waals surface area contributed by atoms with Crippen LogP contribution in [-0.2, 0) is 9.16 Å². The second-order valence-corrected chi connectivity index (χ2v) is 19.7. The average Bonchev–Trinajstić information content (AvgIpc) is 2.63. The van der Waals surface area contributed by atoms with Crippen LogP contribution in [0.4, 0.5) is 0 Å². The van der Waals surface area contributed by atoms with Crippen LogP contribution in [0.3, 0.4) is 0 Å². The van der Waals surface area contributed by atoms with Crippen LogP contribution < -0.4 is 0 Å². The number of aliphatic hydroxyl groups excluding tert-OH is 1. The van der Waals surface area contributed by atoms with E-state index in [4.69, 9.17) is 9.16 Å². The Morgan fingerprint density at radius 1 is 1.17 bits per heavy atom. The quantitative estimate of drug-likeness (QED) is 0.251. The molecule has 1 N–H and O–H groups in total. The van der Waals surface area contributed by atoms with Gasteiger partial charge >= 0.3 is 5.97 Å². The summed E-state index contributed by atoms with van der Waals surface area (Å²) in [5, 5.41) is 10.8. The molecule has 4 nitrogen and oxygen atoms in total. The summed E-state index contributed by atoms with van der Waals surface area (Å²) in [7, 11) is -3.83. The number of hydrogen-bond acceptors (Lipinski definition) is 4. The lowest BCUT2D eigenvalue weighted by molar-refractivity contribution is 0.00863. The number of aliphatic hydroxyl groups is 1. The topological polar surface area (TPSA) is 55.8 Å². The average molecular weight is 447 g/mol. The van der Waals surface area contributed by atoms with Crippen molar-refractivity contribution in [2.45, 2.75) is 83.3 Å². The van der Waals surface area contributed by atoms with Gasteiger partial charge in [0.2, 0.25) is 0 Å². The van der Waals surface area contributed by atoms with Crippen LogP contribution in [0, 0.1) is 11.5 Å². The normalized spacial score (nSPS) is 15.4. The van der Waals surface area contributed by atoms with Crippen molar-refractivity contribution in [1.29, 1.82) is 0 Å². The molecule has 0 bridgehead atoms. The van der Waals surface area contributed by atoms with Gasteiger partial charge in [0.05, 0.1) is 11.7 Å². The predicted octanol–water partition coefficient (Wildman–Crippen LogP) is 5.42. The molecule has 1 rings (SSSR count). The fourth-order valence-electron chi connectivity index (χ4n) is 2.38. The summed E-state index contributed by atoms with van der Waals surface area (Å²) in [5.74, 6) is 2.58. The van der Waals surface area contributed by atoms with E-state index in [2.05, 4.69) is 71.5 Å². The highest BCUT2D eigenvalue weighted by atomic mass is 28.4. The largest absolute Gasteiger partial charge is 0.454 e. The third-order valence-electron chi connectivity index (χ3n) is 5.19. The van der Waals surface area contributed by atoms with E-state index in [0.29, 0.717) is 12.0 Å². The molecule has 3 atom stereocenters. The van der Waals surface area contributed by atoms with Crippen LogP contribution in [0.2, 0.25) is 37.8 Å². The van der Waals surface area contributed by atoms with Gasteiger partial charge in [-0.2, -0.15) is 0 Å². The van der Waals surface area contributed by atoms with Gasteiger partial charge in [-0.1, -0.05) is 77.2 Å². The third kappa shape index (κ3) is 8.61. The summed E-state index contributed by atoms with van der Waals surface area (Å²) in [6.07, 6.45) is -0.224. The number of benzene rings is 1. The summed E-state index contributed by atoms with van der Waals surface area (Å²) >= 11 is 0. The number of carbonyl (C=O) groups excluding carboxylic acids is 1. The van der Waals surface area contributed by atoms with Crippen LogP contribution >= 0.6 is 0 Å². The molecule has 0 aliphatic heterocycles. The lowest BCUT2D eigenvalue weighted by Crippen LogP contribution is -2.48. The van der Waals surface area contributed by atoms with E-state index in [1.165, 1.54) is 0 Å². The van der Waals surface area contributed by atoms with E-state index in [0.717, 1.165) is 0 Å². The van der Waals surface area contributed by atoms with Crippen LogP contribution in [0.5, 0.6) is 0 Å². The number of hydrogen-bond donors (Lipinski definition) is 1. The lowest BCUT2D eigenvalue weighted by atomic mass is 10.1. The Morgan fingerprint density at radius 2 is 1.73 bits per heavy atom. The summed E-state index contributed by atoms with van der Waals surface area (Å²) in [6.45, 7) is 20.9. The number of esters is 1. The second-order valence-electron chi connectivity index (χ2n) is 10.2. The number of ether oxygens (including phenoxy) is 1. The zero-order chi connectivity index (χ0) is 23.2. The first-order valence-electron chi connectivity index (χ1n) is 10.4. The first kappa shape index (κ1) is 26.4. The van der Waals surface area contributed by atoms with Crippen molar-refractivity contribution >= 4 is 22.4 Å². The van der Waals surface area contributed by atoms with Gasteiger partial charge < -0.3 is 14.3 Å². The molecule has 0 aliphatic rings. The molecule has 1 aromatic rings. The molecular weight excluding hydrogens is 408 g/mol. The van der Waals surface area contributed by atoms with Crippen LogP contribution in [-0.4, -0.2) is 45.8 Å². The molecule has 0 aromatic heterocycles. The van der Waals surface area contributed by atoms with Crippen molar-refractivity contribution in [3.05, 3.63) is 48.6 Å². The van der Waals surface area contributed by atoms with Gasteiger partial charge in [-0.15, -0.1) is 5.54 Å². The van der Waals surface area contributed by atoms with Gasteiger partial charge in [0, 0.05) is 6.42 Å². The van der Waals surface area contributed by atoms with Crippen molar-refractivity contribution in [3.8, 4) is 11.5 Å². The molecule has 0 saturated carbocycles. The fraction of sp³-hybridized carbons (Fsp3) is 0.542. The van der Waals surface area contributed by atoms with E-state index in [1.807, 2.05) is 6.07 Å². The highest BCUT2D eigenvalue weighted by Gasteiger charge is 2.41.